The van der Waals surface area contributed by atoms with Crippen LogP contribution >= 0.6 is 22.9 Å². The van der Waals surface area contributed by atoms with Crippen LogP contribution in [0, 0.1) is 5.41 Å². The molecule has 0 aromatic rings. The maximum Gasteiger partial charge on any atom is 0.0243 e. The third-order valence-electron chi connectivity index (χ3n) is 3.57. The number of piperidine rings is 2. The number of hydrogen-bond acceptors (Lipinski definition) is 3. The van der Waals surface area contributed by atoms with E-state index in [9.17, 15) is 5.21 Å². The molecule has 0 radical (unpaired) electrons. The predicted octanol–water partition coefficient (Wildman–Crippen LogP) is 1.90. The first-order valence-electron chi connectivity index (χ1n) is 5.05. The fourth-order valence-corrected chi connectivity index (χ4v) is 2.91. The maximum atomic E-state index is 9.30. The van der Waals surface area contributed by atoms with E-state index >= 15 is 0 Å². The zero-order valence-electron chi connectivity index (χ0n) is 7.88. The summed E-state index contributed by atoms with van der Waals surface area (Å²) < 4.78 is 2.38. The van der Waals surface area contributed by atoms with Crippen molar-refractivity contribution in [2.45, 2.75) is 25.7 Å². The van der Waals surface area contributed by atoms with E-state index in [0.29, 0.717) is 5.41 Å². The SMILES string of the molecule is ON1CCC2(CC1)CCN(I)CC2. The summed E-state index contributed by atoms with van der Waals surface area (Å²) in [6, 6.07) is 0. The van der Waals surface area contributed by atoms with Crippen LogP contribution in [-0.2, 0) is 0 Å². The van der Waals surface area contributed by atoms with Crippen LogP contribution in [0.4, 0.5) is 0 Å². The predicted molar refractivity (Wildman–Crippen MR) is 59.9 cm³/mol. The summed E-state index contributed by atoms with van der Waals surface area (Å²) in [5.41, 5.74) is 0.570. The minimum absolute atomic E-state index is 0.570. The molecule has 2 fully saturated rings. The van der Waals surface area contributed by atoms with Gasteiger partial charge in [0, 0.05) is 49.0 Å². The van der Waals surface area contributed by atoms with Crippen LogP contribution in [0.5, 0.6) is 0 Å². The Morgan fingerprint density at radius 3 is 1.92 bits per heavy atom. The molecule has 0 amide bonds. The normalized spacial score (nSPS) is 30.9. The van der Waals surface area contributed by atoms with E-state index < -0.39 is 0 Å². The first-order valence-corrected chi connectivity index (χ1v) is 6.01. The highest BCUT2D eigenvalue weighted by atomic mass is 127. The Labute approximate surface area is 93.5 Å². The summed E-state index contributed by atoms with van der Waals surface area (Å²) in [6.07, 6.45) is 5.02. The van der Waals surface area contributed by atoms with Crippen molar-refractivity contribution >= 4 is 22.9 Å². The van der Waals surface area contributed by atoms with Crippen LogP contribution < -0.4 is 0 Å². The van der Waals surface area contributed by atoms with E-state index in [2.05, 4.69) is 26.0 Å². The molecule has 3 nitrogen and oxygen atoms in total. The van der Waals surface area contributed by atoms with Gasteiger partial charge in [-0.1, -0.05) is 0 Å². The summed E-state index contributed by atoms with van der Waals surface area (Å²) in [7, 11) is 0. The lowest BCUT2D eigenvalue weighted by molar-refractivity contribution is -0.131. The lowest BCUT2D eigenvalue weighted by Crippen LogP contribution is -2.43. The van der Waals surface area contributed by atoms with Gasteiger partial charge in [-0.3, -0.25) is 0 Å². The highest BCUT2D eigenvalue weighted by Crippen LogP contribution is 2.41. The van der Waals surface area contributed by atoms with Gasteiger partial charge in [-0.25, -0.2) is 3.11 Å². The molecule has 2 aliphatic rings. The summed E-state index contributed by atoms with van der Waals surface area (Å²) >= 11 is 2.41. The maximum absolute atomic E-state index is 9.30. The van der Waals surface area contributed by atoms with Crippen LogP contribution in [0.15, 0.2) is 0 Å². The number of rotatable bonds is 0. The first-order chi connectivity index (χ1) is 6.20. The molecular weight excluding hydrogens is 279 g/mol. The van der Waals surface area contributed by atoms with Crippen LogP contribution in [0.1, 0.15) is 25.7 Å². The Morgan fingerprint density at radius 2 is 1.38 bits per heavy atom. The van der Waals surface area contributed by atoms with Crippen LogP contribution in [0.25, 0.3) is 0 Å². The van der Waals surface area contributed by atoms with E-state index in [4.69, 9.17) is 0 Å². The van der Waals surface area contributed by atoms with Gasteiger partial charge in [-0.05, 0) is 31.1 Å². The molecule has 2 saturated heterocycles. The van der Waals surface area contributed by atoms with E-state index in [-0.39, 0.29) is 0 Å². The average molecular weight is 296 g/mol. The monoisotopic (exact) mass is 296 g/mol. The molecular formula is C9H17IN2O. The Balaban J connectivity index is 1.90. The summed E-state index contributed by atoms with van der Waals surface area (Å²) in [6.45, 7) is 4.21. The molecule has 0 aromatic carbocycles. The fraction of sp³-hybridized carbons (Fsp3) is 1.00. The van der Waals surface area contributed by atoms with Gasteiger partial charge < -0.3 is 5.21 Å². The first kappa shape index (κ1) is 10.1. The molecule has 0 aliphatic carbocycles. The van der Waals surface area contributed by atoms with E-state index in [0.717, 1.165) is 13.1 Å². The van der Waals surface area contributed by atoms with Crippen molar-refractivity contribution in [3.8, 4) is 0 Å². The second-order valence-corrected chi connectivity index (χ2v) is 5.73. The quantitative estimate of drug-likeness (QED) is 0.546. The standard InChI is InChI=1S/C9H17IN2O/c10-11-5-1-9(2-6-11)3-7-12(13)8-4-9/h13H,1-8H2. The molecule has 76 valence electrons. The molecule has 1 spiro atoms. The molecule has 0 aromatic heterocycles. The van der Waals surface area contributed by atoms with Crippen molar-refractivity contribution in [1.82, 2.24) is 8.18 Å². The molecule has 1 N–H and O–H groups in total. The highest BCUT2D eigenvalue weighted by Gasteiger charge is 2.36. The van der Waals surface area contributed by atoms with E-state index in [1.54, 1.807) is 0 Å². The Hall–Kier alpha value is 0.610. The Bertz CT molecular complexity index is 149. The minimum atomic E-state index is 0.570. The van der Waals surface area contributed by atoms with Crippen molar-refractivity contribution in [2.75, 3.05) is 26.2 Å². The van der Waals surface area contributed by atoms with E-state index in [1.807, 2.05) is 0 Å². The molecule has 0 atom stereocenters. The van der Waals surface area contributed by atoms with Gasteiger partial charge in [0.15, 0.2) is 0 Å². The van der Waals surface area contributed by atoms with Gasteiger partial charge in [0.1, 0.15) is 0 Å². The van der Waals surface area contributed by atoms with E-state index in [1.165, 1.54) is 43.8 Å². The zero-order valence-corrected chi connectivity index (χ0v) is 10.0. The lowest BCUT2D eigenvalue weighted by atomic mass is 9.72. The number of hydroxylamine groups is 2. The average Bonchev–Trinajstić information content (AvgIpc) is 2.16. The molecule has 4 heteroatoms. The molecule has 0 saturated carbocycles. The number of nitrogens with zero attached hydrogens (tertiary/aromatic N) is 2. The van der Waals surface area contributed by atoms with Crippen molar-refractivity contribution in [3.05, 3.63) is 0 Å². The van der Waals surface area contributed by atoms with Crippen LogP contribution in [-0.4, -0.2) is 39.6 Å². The highest BCUT2D eigenvalue weighted by molar-refractivity contribution is 14.1. The lowest BCUT2D eigenvalue weighted by Gasteiger charge is -2.44. The molecule has 0 unspecified atom stereocenters. The fourth-order valence-electron chi connectivity index (χ4n) is 2.42. The second-order valence-electron chi connectivity index (χ2n) is 4.36. The Kier molecular flexibility index (Phi) is 3.12. The van der Waals surface area contributed by atoms with Crippen molar-refractivity contribution in [2.24, 2.45) is 5.41 Å². The van der Waals surface area contributed by atoms with Gasteiger partial charge >= 0.3 is 0 Å². The van der Waals surface area contributed by atoms with Gasteiger partial charge in [-0.2, -0.15) is 5.06 Å². The smallest absolute Gasteiger partial charge is 0.0243 e. The van der Waals surface area contributed by atoms with Gasteiger partial charge in [0.25, 0.3) is 0 Å². The molecule has 2 aliphatic heterocycles. The van der Waals surface area contributed by atoms with Crippen molar-refractivity contribution in [1.29, 1.82) is 0 Å². The minimum Gasteiger partial charge on any atom is -0.314 e. The molecule has 2 heterocycles. The zero-order chi connectivity index (χ0) is 9.31. The largest absolute Gasteiger partial charge is 0.314 e. The summed E-state index contributed by atoms with van der Waals surface area (Å²) in [5, 5.41) is 10.8. The molecule has 2 rings (SSSR count). The third-order valence-corrected chi connectivity index (χ3v) is 4.53. The Morgan fingerprint density at radius 1 is 0.923 bits per heavy atom. The number of halogens is 1. The molecule has 0 bridgehead atoms. The van der Waals surface area contributed by atoms with Crippen molar-refractivity contribution < 1.29 is 5.21 Å². The van der Waals surface area contributed by atoms with Gasteiger partial charge in [-0.15, -0.1) is 0 Å². The topological polar surface area (TPSA) is 26.7 Å². The third kappa shape index (κ3) is 2.34. The van der Waals surface area contributed by atoms with Gasteiger partial charge in [0.2, 0.25) is 0 Å². The van der Waals surface area contributed by atoms with Crippen LogP contribution in [0.3, 0.4) is 0 Å². The van der Waals surface area contributed by atoms with Crippen molar-refractivity contribution in [3.63, 3.8) is 0 Å². The number of hydrogen-bond donors (Lipinski definition) is 1. The molecule has 13 heavy (non-hydrogen) atoms. The van der Waals surface area contributed by atoms with Crippen LogP contribution in [0.2, 0.25) is 0 Å². The summed E-state index contributed by atoms with van der Waals surface area (Å²) in [5.74, 6) is 0. The second kappa shape index (κ2) is 4.00. The summed E-state index contributed by atoms with van der Waals surface area (Å²) in [4.78, 5) is 0. The van der Waals surface area contributed by atoms with Gasteiger partial charge in [0.05, 0.1) is 0 Å².